The van der Waals surface area contributed by atoms with Gasteiger partial charge in [-0.25, -0.2) is 4.79 Å². The van der Waals surface area contributed by atoms with Gasteiger partial charge in [0.1, 0.15) is 11.6 Å². The third-order valence-corrected chi connectivity index (χ3v) is 4.87. The normalized spacial score (nSPS) is 21.9. The predicted octanol–water partition coefficient (Wildman–Crippen LogP) is 1.05. The molecule has 2 aromatic rings. The Morgan fingerprint density at radius 3 is 3.04 bits per heavy atom. The number of hydrogen-bond donors (Lipinski definition) is 1. The fraction of sp³-hybridized carbons (Fsp3) is 0.444. The van der Waals surface area contributed by atoms with Gasteiger partial charge in [0, 0.05) is 31.8 Å². The molecule has 3 heterocycles. The maximum absolute atomic E-state index is 12.6. The summed E-state index contributed by atoms with van der Waals surface area (Å²) in [5.41, 5.74) is 1.41. The lowest BCUT2D eigenvalue weighted by Gasteiger charge is -2.28. The summed E-state index contributed by atoms with van der Waals surface area (Å²) in [5, 5.41) is 11.4. The van der Waals surface area contributed by atoms with Crippen molar-refractivity contribution >= 4 is 11.9 Å². The lowest BCUT2D eigenvalue weighted by molar-refractivity contribution is -0.131. The van der Waals surface area contributed by atoms with Crippen LogP contribution in [-0.4, -0.2) is 38.8 Å². The highest BCUT2D eigenvalue weighted by Gasteiger charge is 2.33. The molecule has 0 bridgehead atoms. The van der Waals surface area contributed by atoms with Gasteiger partial charge in [-0.15, -0.1) is 10.2 Å². The summed E-state index contributed by atoms with van der Waals surface area (Å²) in [4.78, 5) is 24.7. The maximum atomic E-state index is 12.6. The Balaban J connectivity index is 1.44. The molecule has 25 heavy (non-hydrogen) atoms. The first-order valence-corrected chi connectivity index (χ1v) is 8.66. The van der Waals surface area contributed by atoms with Crippen LogP contribution in [0.4, 0.5) is 0 Å². The second-order valence-corrected chi connectivity index (χ2v) is 6.50. The van der Waals surface area contributed by atoms with Crippen molar-refractivity contribution < 1.29 is 14.3 Å². The predicted molar refractivity (Wildman–Crippen MR) is 89.0 cm³/mol. The third-order valence-electron chi connectivity index (χ3n) is 4.87. The summed E-state index contributed by atoms with van der Waals surface area (Å²) in [6.07, 6.45) is 2.05. The monoisotopic (exact) mass is 340 g/mol. The average molecular weight is 340 g/mol. The van der Waals surface area contributed by atoms with Crippen molar-refractivity contribution in [3.8, 4) is 0 Å². The Hall–Kier alpha value is -2.70. The van der Waals surface area contributed by atoms with Crippen molar-refractivity contribution in [3.63, 3.8) is 0 Å². The number of carbonyl (C=O) groups excluding carboxylic acids is 2. The van der Waals surface area contributed by atoms with E-state index < -0.39 is 12.1 Å². The van der Waals surface area contributed by atoms with Crippen LogP contribution in [0.3, 0.4) is 0 Å². The van der Waals surface area contributed by atoms with Crippen LogP contribution < -0.4 is 5.32 Å². The molecular formula is C18H20N4O3. The summed E-state index contributed by atoms with van der Waals surface area (Å²) in [6, 6.07) is 7.26. The van der Waals surface area contributed by atoms with Crippen LogP contribution in [0, 0.1) is 0 Å². The molecule has 0 saturated carbocycles. The summed E-state index contributed by atoms with van der Waals surface area (Å²) in [6.45, 7) is 2.70. The van der Waals surface area contributed by atoms with Gasteiger partial charge in [-0.2, -0.15) is 0 Å². The van der Waals surface area contributed by atoms with Crippen LogP contribution in [-0.2, 0) is 35.3 Å². The molecule has 0 unspecified atom stereocenters. The van der Waals surface area contributed by atoms with Crippen molar-refractivity contribution in [1.82, 2.24) is 20.1 Å². The lowest BCUT2D eigenvalue weighted by atomic mass is 9.98. The summed E-state index contributed by atoms with van der Waals surface area (Å²) in [5.74, 6) is 1.25. The minimum absolute atomic E-state index is 0.00262. The molecule has 2 aliphatic rings. The van der Waals surface area contributed by atoms with Gasteiger partial charge in [-0.3, -0.25) is 4.79 Å². The van der Waals surface area contributed by atoms with E-state index in [9.17, 15) is 9.59 Å². The van der Waals surface area contributed by atoms with Crippen LogP contribution in [0.5, 0.6) is 0 Å². The molecule has 1 aromatic heterocycles. The van der Waals surface area contributed by atoms with E-state index in [2.05, 4.69) is 20.1 Å². The number of nitrogens with zero attached hydrogens (tertiary/aromatic N) is 3. The number of rotatable bonds is 3. The molecule has 4 rings (SSSR count). The molecule has 7 heteroatoms. The molecule has 1 amide bonds. The first kappa shape index (κ1) is 15.8. The molecule has 0 spiro atoms. The zero-order valence-electron chi connectivity index (χ0n) is 14.1. The van der Waals surface area contributed by atoms with Crippen LogP contribution in [0.25, 0.3) is 0 Å². The fourth-order valence-electron chi connectivity index (χ4n) is 3.53. The highest BCUT2D eigenvalue weighted by Crippen LogP contribution is 2.21. The standard InChI is InChI=1S/C18H20N4O3/c1-2-15-20-21-16-8-7-12(10-22(15)16)19-17(23)14-9-11-5-3-4-6-13(11)18(24)25-14/h3-6,12,14H,2,7-10H2,1H3,(H,19,23)/t12-,14-/m1/s1. The van der Waals surface area contributed by atoms with Gasteiger partial charge in [0.05, 0.1) is 5.56 Å². The molecule has 2 aliphatic heterocycles. The molecule has 7 nitrogen and oxygen atoms in total. The number of hydrogen-bond acceptors (Lipinski definition) is 5. The summed E-state index contributed by atoms with van der Waals surface area (Å²) in [7, 11) is 0. The number of ether oxygens (including phenoxy) is 1. The quantitative estimate of drug-likeness (QED) is 0.844. The maximum Gasteiger partial charge on any atom is 0.339 e. The largest absolute Gasteiger partial charge is 0.448 e. The first-order valence-electron chi connectivity index (χ1n) is 8.66. The van der Waals surface area contributed by atoms with Crippen LogP contribution in [0.1, 0.15) is 40.9 Å². The lowest BCUT2D eigenvalue weighted by Crippen LogP contribution is -2.48. The van der Waals surface area contributed by atoms with Gasteiger partial charge in [-0.1, -0.05) is 25.1 Å². The minimum Gasteiger partial charge on any atom is -0.448 e. The molecular weight excluding hydrogens is 320 g/mol. The Labute approximate surface area is 145 Å². The van der Waals surface area contributed by atoms with E-state index in [1.807, 2.05) is 19.1 Å². The highest BCUT2D eigenvalue weighted by molar-refractivity contribution is 5.95. The zero-order valence-corrected chi connectivity index (χ0v) is 14.1. The number of amides is 1. The van der Waals surface area contributed by atoms with Gasteiger partial charge in [-0.05, 0) is 18.1 Å². The SMILES string of the molecule is CCc1nnc2n1C[C@H](NC(=O)[C@H]1Cc3ccccc3C(=O)O1)CC2. The Morgan fingerprint density at radius 1 is 1.36 bits per heavy atom. The van der Waals surface area contributed by atoms with E-state index in [0.29, 0.717) is 18.5 Å². The second-order valence-electron chi connectivity index (χ2n) is 6.50. The minimum atomic E-state index is -0.768. The van der Waals surface area contributed by atoms with Gasteiger partial charge < -0.3 is 14.6 Å². The van der Waals surface area contributed by atoms with E-state index in [-0.39, 0.29) is 11.9 Å². The molecule has 1 aromatic carbocycles. The first-order chi connectivity index (χ1) is 12.2. The number of carbonyl (C=O) groups is 2. The molecule has 0 aliphatic carbocycles. The number of esters is 1. The Kier molecular flexibility index (Phi) is 3.99. The van der Waals surface area contributed by atoms with Crippen molar-refractivity contribution in [2.24, 2.45) is 0 Å². The van der Waals surface area contributed by atoms with E-state index in [0.717, 1.165) is 36.5 Å². The van der Waals surface area contributed by atoms with E-state index >= 15 is 0 Å². The van der Waals surface area contributed by atoms with Crippen molar-refractivity contribution in [2.45, 2.75) is 51.3 Å². The third kappa shape index (κ3) is 2.90. The van der Waals surface area contributed by atoms with E-state index in [1.54, 1.807) is 12.1 Å². The summed E-state index contributed by atoms with van der Waals surface area (Å²) < 4.78 is 7.41. The fourth-order valence-corrected chi connectivity index (χ4v) is 3.53. The van der Waals surface area contributed by atoms with Crippen molar-refractivity contribution in [3.05, 3.63) is 47.0 Å². The second kappa shape index (κ2) is 6.31. The van der Waals surface area contributed by atoms with Crippen LogP contribution in [0.2, 0.25) is 0 Å². The topological polar surface area (TPSA) is 86.1 Å². The van der Waals surface area contributed by atoms with Gasteiger partial charge in [0.25, 0.3) is 5.91 Å². The number of benzene rings is 1. The molecule has 1 N–H and O–H groups in total. The molecule has 0 radical (unpaired) electrons. The highest BCUT2D eigenvalue weighted by atomic mass is 16.5. The van der Waals surface area contributed by atoms with Crippen molar-refractivity contribution in [1.29, 1.82) is 0 Å². The van der Waals surface area contributed by atoms with E-state index in [1.165, 1.54) is 0 Å². The van der Waals surface area contributed by atoms with E-state index in [4.69, 9.17) is 4.74 Å². The van der Waals surface area contributed by atoms with Crippen LogP contribution in [0.15, 0.2) is 24.3 Å². The van der Waals surface area contributed by atoms with Gasteiger partial charge in [0.15, 0.2) is 6.10 Å². The number of aromatic nitrogens is 3. The average Bonchev–Trinajstić information content (AvgIpc) is 3.04. The van der Waals surface area contributed by atoms with Crippen LogP contribution >= 0.6 is 0 Å². The van der Waals surface area contributed by atoms with Gasteiger partial charge >= 0.3 is 5.97 Å². The zero-order chi connectivity index (χ0) is 17.4. The smallest absolute Gasteiger partial charge is 0.339 e. The molecule has 0 fully saturated rings. The number of fused-ring (bicyclic) bond motifs is 2. The summed E-state index contributed by atoms with van der Waals surface area (Å²) >= 11 is 0. The van der Waals surface area contributed by atoms with Crippen molar-refractivity contribution in [2.75, 3.05) is 0 Å². The molecule has 130 valence electrons. The Morgan fingerprint density at radius 2 is 2.20 bits per heavy atom. The Bertz CT molecular complexity index is 816. The number of cyclic esters (lactones) is 1. The number of aryl methyl sites for hydroxylation is 2. The number of nitrogens with one attached hydrogen (secondary N) is 1. The van der Waals surface area contributed by atoms with Gasteiger partial charge in [0.2, 0.25) is 0 Å². The molecule has 0 saturated heterocycles. The molecule has 2 atom stereocenters.